The van der Waals surface area contributed by atoms with E-state index in [-0.39, 0.29) is 0 Å². The average molecular weight is 270 g/mol. The topological polar surface area (TPSA) is 62.2 Å². The van der Waals surface area contributed by atoms with Crippen LogP contribution in [0.1, 0.15) is 25.3 Å². The van der Waals surface area contributed by atoms with Crippen molar-refractivity contribution in [1.29, 1.82) is 0 Å². The number of hydrogen-bond acceptors (Lipinski definition) is 4. The fraction of sp³-hybridized carbons (Fsp3) is 0.200. The minimum Gasteiger partial charge on any atom is -0.452 e. The van der Waals surface area contributed by atoms with Crippen molar-refractivity contribution in [3.8, 4) is 11.5 Å². The van der Waals surface area contributed by atoms with E-state index in [1.165, 1.54) is 0 Å². The van der Waals surface area contributed by atoms with Crippen molar-refractivity contribution >= 4 is 11.0 Å². The number of aromatic nitrogens is 2. The van der Waals surface area contributed by atoms with Gasteiger partial charge in [0, 0.05) is 0 Å². The van der Waals surface area contributed by atoms with Gasteiger partial charge in [0.1, 0.15) is 5.75 Å². The molecule has 0 aliphatic carbocycles. The molecular weight excluding hydrogens is 256 g/mol. The zero-order valence-corrected chi connectivity index (χ0v) is 11.2. The maximum atomic E-state index is 11.4. The van der Waals surface area contributed by atoms with E-state index >= 15 is 0 Å². The first-order valence-corrected chi connectivity index (χ1v) is 6.42. The van der Waals surface area contributed by atoms with Gasteiger partial charge in [0.25, 0.3) is 5.52 Å². The summed E-state index contributed by atoms with van der Waals surface area (Å²) in [4.78, 5) is 0.372. The Bertz CT molecular complexity index is 750. The minimum absolute atomic E-state index is 0.340. The number of rotatable bonds is 3. The van der Waals surface area contributed by atoms with Crippen LogP contribution >= 0.6 is 0 Å². The lowest BCUT2D eigenvalue weighted by atomic mass is 10.0. The minimum atomic E-state index is 0.340. The summed E-state index contributed by atoms with van der Waals surface area (Å²) in [6, 6.07) is 13.0. The summed E-state index contributed by atoms with van der Waals surface area (Å²) < 4.78 is 10.5. The second kappa shape index (κ2) is 4.85. The normalized spacial score (nSPS) is 11.2. The molecule has 20 heavy (non-hydrogen) atoms. The maximum Gasteiger partial charge on any atom is 0.290 e. The Morgan fingerprint density at radius 3 is 2.65 bits per heavy atom. The molecule has 3 rings (SSSR count). The van der Waals surface area contributed by atoms with Gasteiger partial charge in [-0.25, -0.2) is 0 Å². The summed E-state index contributed by atoms with van der Waals surface area (Å²) in [6.07, 6.45) is 0. The highest BCUT2D eigenvalue weighted by molar-refractivity contribution is 5.78. The average Bonchev–Trinajstić information content (AvgIpc) is 2.82. The quantitative estimate of drug-likeness (QED) is 0.684. The van der Waals surface area contributed by atoms with Crippen LogP contribution in [0.4, 0.5) is 0 Å². The van der Waals surface area contributed by atoms with Gasteiger partial charge < -0.3 is 9.94 Å². The van der Waals surface area contributed by atoms with E-state index in [0.29, 0.717) is 27.6 Å². The Morgan fingerprint density at radius 2 is 1.85 bits per heavy atom. The van der Waals surface area contributed by atoms with Gasteiger partial charge in [0.15, 0.2) is 5.75 Å². The molecule has 0 radical (unpaired) electrons. The molecule has 0 bridgehead atoms. The largest absolute Gasteiger partial charge is 0.452 e. The molecule has 0 saturated heterocycles. The monoisotopic (exact) mass is 270 g/mol. The van der Waals surface area contributed by atoms with Crippen molar-refractivity contribution in [2.24, 2.45) is 0 Å². The van der Waals surface area contributed by atoms with Crippen LogP contribution in [0.5, 0.6) is 11.5 Å². The van der Waals surface area contributed by atoms with Crippen LogP contribution < -0.4 is 9.64 Å². The van der Waals surface area contributed by atoms with Gasteiger partial charge in [0.2, 0.25) is 5.52 Å². The standard InChI is InChI=1S/C15H14N2O3/c1-10(2)11-6-3-4-8-13(11)19-14-9-5-7-12-15(14)16-20-17(12)18/h3-10H,1-2H3. The highest BCUT2D eigenvalue weighted by Crippen LogP contribution is 2.32. The van der Waals surface area contributed by atoms with E-state index in [1.807, 2.05) is 24.3 Å². The summed E-state index contributed by atoms with van der Waals surface area (Å²) >= 11 is 0. The predicted octanol–water partition coefficient (Wildman–Crippen LogP) is 3.38. The smallest absolute Gasteiger partial charge is 0.290 e. The van der Waals surface area contributed by atoms with E-state index in [2.05, 4.69) is 23.6 Å². The molecule has 5 heteroatoms. The van der Waals surface area contributed by atoms with E-state index in [9.17, 15) is 5.21 Å². The number of benzene rings is 2. The van der Waals surface area contributed by atoms with Crippen LogP contribution in [0.25, 0.3) is 11.0 Å². The molecule has 3 aromatic rings. The molecule has 0 aliphatic heterocycles. The molecule has 0 saturated carbocycles. The van der Waals surface area contributed by atoms with Crippen molar-refractivity contribution in [1.82, 2.24) is 5.16 Å². The van der Waals surface area contributed by atoms with Crippen molar-refractivity contribution in [2.45, 2.75) is 19.8 Å². The lowest BCUT2D eigenvalue weighted by Crippen LogP contribution is -2.22. The molecule has 0 unspecified atom stereocenters. The molecule has 0 spiro atoms. The molecule has 0 N–H and O–H groups in total. The van der Waals surface area contributed by atoms with Gasteiger partial charge in [-0.2, -0.15) is 0 Å². The fourth-order valence-corrected chi connectivity index (χ4v) is 2.12. The molecule has 5 nitrogen and oxygen atoms in total. The Labute approximate surface area is 115 Å². The molecule has 1 aromatic heterocycles. The third-order valence-corrected chi connectivity index (χ3v) is 3.14. The summed E-state index contributed by atoms with van der Waals surface area (Å²) in [5.74, 6) is 1.61. The van der Waals surface area contributed by atoms with Crippen molar-refractivity contribution in [3.05, 3.63) is 53.2 Å². The van der Waals surface area contributed by atoms with Crippen LogP contribution in [-0.4, -0.2) is 5.16 Å². The summed E-state index contributed by atoms with van der Waals surface area (Å²) in [6.45, 7) is 4.20. The number of hydrogen-bond donors (Lipinski definition) is 0. The van der Waals surface area contributed by atoms with E-state index < -0.39 is 0 Å². The number of ether oxygens (including phenoxy) is 1. The Balaban J connectivity index is 2.06. The Kier molecular flexibility index (Phi) is 3.02. The summed E-state index contributed by atoms with van der Waals surface area (Å²) in [5, 5.41) is 15.1. The number of nitrogens with zero attached hydrogens (tertiary/aromatic N) is 2. The lowest BCUT2D eigenvalue weighted by molar-refractivity contribution is -0.782. The van der Waals surface area contributed by atoms with Gasteiger partial charge in [-0.3, -0.25) is 4.63 Å². The first kappa shape index (κ1) is 12.5. The molecular formula is C15H14N2O3. The van der Waals surface area contributed by atoms with Crippen molar-refractivity contribution in [2.75, 3.05) is 0 Å². The Morgan fingerprint density at radius 1 is 1.10 bits per heavy atom. The first-order chi connectivity index (χ1) is 9.66. The summed E-state index contributed by atoms with van der Waals surface area (Å²) in [5.41, 5.74) is 1.87. The van der Waals surface area contributed by atoms with Gasteiger partial charge in [-0.05, 0) is 34.6 Å². The SMILES string of the molecule is CC(C)c1ccccc1Oc1cccc2c1no[n+]2[O-]. The second-order valence-corrected chi connectivity index (χ2v) is 4.85. The molecule has 0 fully saturated rings. The highest BCUT2D eigenvalue weighted by Gasteiger charge is 2.17. The van der Waals surface area contributed by atoms with E-state index in [0.717, 1.165) is 11.3 Å². The molecule has 2 aromatic carbocycles. The van der Waals surface area contributed by atoms with Gasteiger partial charge >= 0.3 is 0 Å². The van der Waals surface area contributed by atoms with Crippen LogP contribution in [0.2, 0.25) is 0 Å². The van der Waals surface area contributed by atoms with Gasteiger partial charge in [-0.1, -0.05) is 38.1 Å². The summed E-state index contributed by atoms with van der Waals surface area (Å²) in [7, 11) is 0. The van der Waals surface area contributed by atoms with Crippen LogP contribution in [0.15, 0.2) is 47.1 Å². The fourth-order valence-electron chi connectivity index (χ4n) is 2.12. The number of fused-ring (bicyclic) bond motifs is 1. The first-order valence-electron chi connectivity index (χ1n) is 6.42. The highest BCUT2D eigenvalue weighted by atomic mass is 16.8. The van der Waals surface area contributed by atoms with Crippen molar-refractivity contribution < 1.29 is 14.3 Å². The number of para-hydroxylation sites is 1. The third kappa shape index (κ3) is 2.07. The zero-order valence-electron chi connectivity index (χ0n) is 11.2. The van der Waals surface area contributed by atoms with Crippen LogP contribution in [-0.2, 0) is 0 Å². The maximum absolute atomic E-state index is 11.4. The lowest BCUT2D eigenvalue weighted by Gasteiger charge is -2.12. The van der Waals surface area contributed by atoms with Crippen LogP contribution in [0, 0.1) is 5.21 Å². The molecule has 0 amide bonds. The zero-order chi connectivity index (χ0) is 14.1. The van der Waals surface area contributed by atoms with E-state index in [4.69, 9.17) is 4.74 Å². The predicted molar refractivity (Wildman–Crippen MR) is 73.6 cm³/mol. The molecule has 102 valence electrons. The Hall–Kier alpha value is -2.56. The third-order valence-electron chi connectivity index (χ3n) is 3.14. The van der Waals surface area contributed by atoms with Gasteiger partial charge in [0.05, 0.1) is 5.16 Å². The second-order valence-electron chi connectivity index (χ2n) is 4.85. The van der Waals surface area contributed by atoms with Crippen molar-refractivity contribution in [3.63, 3.8) is 0 Å². The van der Waals surface area contributed by atoms with E-state index in [1.54, 1.807) is 18.2 Å². The van der Waals surface area contributed by atoms with Crippen LogP contribution in [0.3, 0.4) is 0 Å². The van der Waals surface area contributed by atoms with Gasteiger partial charge in [-0.15, -0.1) is 0 Å². The molecule has 1 heterocycles. The molecule has 0 atom stereocenters. The molecule has 0 aliphatic rings.